The molecule has 0 bridgehead atoms. The van der Waals surface area contributed by atoms with Crippen LogP contribution in [0.5, 0.6) is 0 Å². The van der Waals surface area contributed by atoms with Gasteiger partial charge in [-0.1, -0.05) is 24.3 Å². The van der Waals surface area contributed by atoms with E-state index < -0.39 is 5.97 Å². The summed E-state index contributed by atoms with van der Waals surface area (Å²) in [6.07, 6.45) is 3.81. The molecule has 0 aliphatic carbocycles. The monoisotopic (exact) mass is 428 g/mol. The van der Waals surface area contributed by atoms with Crippen LogP contribution in [0.25, 0.3) is 33.4 Å². The highest BCUT2D eigenvalue weighted by Gasteiger charge is 2.26. The van der Waals surface area contributed by atoms with Crippen LogP contribution in [0, 0.1) is 0 Å². The van der Waals surface area contributed by atoms with Crippen molar-refractivity contribution in [2.75, 3.05) is 0 Å². The minimum atomic E-state index is -1.04. The first kappa shape index (κ1) is 20.8. The van der Waals surface area contributed by atoms with E-state index in [1.165, 1.54) is 11.8 Å². The summed E-state index contributed by atoms with van der Waals surface area (Å²) in [5, 5.41) is 15.1. The van der Waals surface area contributed by atoms with Crippen molar-refractivity contribution in [1.29, 1.82) is 0 Å². The van der Waals surface area contributed by atoms with Crippen molar-refractivity contribution in [2.24, 2.45) is 0 Å². The van der Waals surface area contributed by atoms with Crippen LogP contribution in [0.2, 0.25) is 0 Å². The third kappa shape index (κ3) is 3.45. The first-order chi connectivity index (χ1) is 13.2. The fourth-order valence-electron chi connectivity index (χ4n) is 3.79. The lowest BCUT2D eigenvalue weighted by molar-refractivity contribution is 0.0690. The zero-order valence-corrected chi connectivity index (χ0v) is 16.9. The number of hydrogen-bond donors (Lipinski definition) is 1. The summed E-state index contributed by atoms with van der Waals surface area (Å²) in [5.41, 5.74) is 5.50. The van der Waals surface area contributed by atoms with Gasteiger partial charge in [0, 0.05) is 29.4 Å². The second-order valence-electron chi connectivity index (χ2n) is 6.59. The summed E-state index contributed by atoms with van der Waals surface area (Å²) < 4.78 is 2.02. The molecular formula is C21H18Cl2N4O2. The summed E-state index contributed by atoms with van der Waals surface area (Å²) in [6, 6.07) is 15.1. The van der Waals surface area contributed by atoms with E-state index in [0.29, 0.717) is 5.69 Å². The van der Waals surface area contributed by atoms with Crippen LogP contribution in [0.1, 0.15) is 22.6 Å². The van der Waals surface area contributed by atoms with E-state index in [1.54, 1.807) is 6.07 Å². The van der Waals surface area contributed by atoms with Gasteiger partial charge < -0.3 is 5.11 Å². The molecule has 6 nitrogen and oxygen atoms in total. The van der Waals surface area contributed by atoms with Gasteiger partial charge in [0.1, 0.15) is 11.4 Å². The molecule has 4 heterocycles. The van der Waals surface area contributed by atoms with Crippen molar-refractivity contribution in [3.05, 3.63) is 66.1 Å². The van der Waals surface area contributed by atoms with Gasteiger partial charge in [0.2, 0.25) is 0 Å². The predicted molar refractivity (Wildman–Crippen MR) is 116 cm³/mol. The maximum absolute atomic E-state index is 11.4. The highest BCUT2D eigenvalue weighted by atomic mass is 35.5. The van der Waals surface area contributed by atoms with Crippen molar-refractivity contribution in [1.82, 2.24) is 19.7 Å². The number of pyridine rings is 2. The number of carboxylic acid groups (broad SMARTS) is 1. The molecule has 0 unspecified atom stereocenters. The van der Waals surface area contributed by atoms with E-state index >= 15 is 0 Å². The first-order valence-corrected chi connectivity index (χ1v) is 8.87. The van der Waals surface area contributed by atoms with Gasteiger partial charge >= 0.3 is 5.97 Å². The van der Waals surface area contributed by atoms with E-state index in [0.717, 1.165) is 47.1 Å². The lowest BCUT2D eigenvalue weighted by atomic mass is 9.96. The number of aromatic carboxylic acids is 1. The van der Waals surface area contributed by atoms with Crippen molar-refractivity contribution in [3.63, 3.8) is 0 Å². The zero-order chi connectivity index (χ0) is 18.4. The Balaban J connectivity index is 0.00000120. The molecule has 0 spiro atoms. The molecule has 0 atom stereocenters. The molecule has 0 saturated carbocycles. The Hall–Kier alpha value is -2.96. The molecule has 1 N–H and O–H groups in total. The number of carbonyl (C=O) groups is 1. The number of rotatable bonds is 3. The van der Waals surface area contributed by atoms with Crippen LogP contribution in [-0.2, 0) is 13.0 Å². The van der Waals surface area contributed by atoms with E-state index in [-0.39, 0.29) is 30.5 Å². The number of halogens is 2. The van der Waals surface area contributed by atoms with Gasteiger partial charge in [0.15, 0.2) is 0 Å². The highest BCUT2D eigenvalue weighted by molar-refractivity contribution is 5.99. The average Bonchev–Trinajstić information content (AvgIpc) is 3.29. The third-order valence-electron chi connectivity index (χ3n) is 4.97. The Kier molecular flexibility index (Phi) is 5.86. The highest BCUT2D eigenvalue weighted by Crippen LogP contribution is 2.39. The van der Waals surface area contributed by atoms with Crippen molar-refractivity contribution in [2.45, 2.75) is 19.4 Å². The second kappa shape index (κ2) is 8.19. The van der Waals surface area contributed by atoms with Crippen LogP contribution in [-0.4, -0.2) is 30.8 Å². The predicted octanol–water partition coefficient (Wildman–Crippen LogP) is 4.65. The first-order valence-electron chi connectivity index (χ1n) is 8.87. The number of nitrogens with zero attached hydrogens (tertiary/aromatic N) is 4. The van der Waals surface area contributed by atoms with E-state index in [9.17, 15) is 9.90 Å². The fourth-order valence-corrected chi connectivity index (χ4v) is 3.79. The van der Waals surface area contributed by atoms with Crippen LogP contribution in [0.4, 0.5) is 0 Å². The largest absolute Gasteiger partial charge is 0.477 e. The molecule has 1 aromatic carbocycles. The molecule has 0 fully saturated rings. The number of aromatic nitrogens is 4. The number of para-hydroxylation sites is 1. The molecule has 0 radical (unpaired) electrons. The van der Waals surface area contributed by atoms with Crippen LogP contribution < -0.4 is 0 Å². The molecule has 0 saturated heterocycles. The SMILES string of the molecule is Cl.Cl.O=C(O)c1cccc(-c2nn3c(c2-c2ccnc4ccccc24)CCC3)n1. The van der Waals surface area contributed by atoms with E-state index in [4.69, 9.17) is 5.10 Å². The Morgan fingerprint density at radius 1 is 1.03 bits per heavy atom. The number of fused-ring (bicyclic) bond motifs is 2. The Labute approximate surface area is 179 Å². The number of aryl methyl sites for hydroxylation is 1. The summed E-state index contributed by atoms with van der Waals surface area (Å²) in [4.78, 5) is 20.2. The Morgan fingerprint density at radius 3 is 2.69 bits per heavy atom. The lowest BCUT2D eigenvalue weighted by Crippen LogP contribution is -2.01. The smallest absolute Gasteiger partial charge is 0.354 e. The summed E-state index contributed by atoms with van der Waals surface area (Å²) in [7, 11) is 0. The fraction of sp³-hybridized carbons (Fsp3) is 0.143. The van der Waals surface area contributed by atoms with E-state index in [1.807, 2.05) is 41.2 Å². The van der Waals surface area contributed by atoms with Gasteiger partial charge in [-0.15, -0.1) is 24.8 Å². The molecule has 29 heavy (non-hydrogen) atoms. The van der Waals surface area contributed by atoms with Crippen LogP contribution >= 0.6 is 24.8 Å². The normalized spacial score (nSPS) is 12.1. The number of carboxylic acids is 1. The molecular weight excluding hydrogens is 411 g/mol. The summed E-state index contributed by atoms with van der Waals surface area (Å²) >= 11 is 0. The quantitative estimate of drug-likeness (QED) is 0.513. The van der Waals surface area contributed by atoms with E-state index in [2.05, 4.69) is 16.0 Å². The number of benzene rings is 1. The van der Waals surface area contributed by atoms with Crippen LogP contribution in [0.15, 0.2) is 54.7 Å². The summed E-state index contributed by atoms with van der Waals surface area (Å²) in [6.45, 7) is 0.865. The van der Waals surface area contributed by atoms with Crippen molar-refractivity contribution < 1.29 is 9.90 Å². The van der Waals surface area contributed by atoms with Crippen molar-refractivity contribution >= 4 is 41.7 Å². The second-order valence-corrected chi connectivity index (χ2v) is 6.59. The van der Waals surface area contributed by atoms with Gasteiger partial charge in [0.25, 0.3) is 0 Å². The minimum Gasteiger partial charge on any atom is -0.477 e. The van der Waals surface area contributed by atoms with Gasteiger partial charge in [0.05, 0.1) is 11.2 Å². The molecule has 8 heteroatoms. The lowest BCUT2D eigenvalue weighted by Gasteiger charge is -2.09. The maximum atomic E-state index is 11.4. The molecule has 148 valence electrons. The summed E-state index contributed by atoms with van der Waals surface area (Å²) in [5.74, 6) is -1.04. The Morgan fingerprint density at radius 2 is 1.86 bits per heavy atom. The van der Waals surface area contributed by atoms with Crippen molar-refractivity contribution in [3.8, 4) is 22.5 Å². The topological polar surface area (TPSA) is 80.9 Å². The molecule has 1 aliphatic rings. The van der Waals surface area contributed by atoms with Gasteiger partial charge in [-0.05, 0) is 42.7 Å². The van der Waals surface area contributed by atoms with Crippen LogP contribution in [0.3, 0.4) is 0 Å². The molecule has 5 rings (SSSR count). The van der Waals surface area contributed by atoms with Gasteiger partial charge in [-0.3, -0.25) is 9.67 Å². The Bertz CT molecular complexity index is 1200. The standard InChI is InChI=1S/C21H16N4O2.2ClH/c26-21(27)17-8-3-7-16(23-17)20-19(18-9-4-12-25(18)24-20)14-10-11-22-15-6-2-1-5-13(14)15;;/h1-3,5-8,10-11H,4,9,12H2,(H,26,27);2*1H. The average molecular weight is 429 g/mol. The number of hydrogen-bond acceptors (Lipinski definition) is 4. The minimum absolute atomic E-state index is 0. The maximum Gasteiger partial charge on any atom is 0.354 e. The van der Waals surface area contributed by atoms with Gasteiger partial charge in [-0.2, -0.15) is 5.10 Å². The molecule has 4 aromatic rings. The molecule has 0 amide bonds. The third-order valence-corrected chi connectivity index (χ3v) is 4.97. The van der Waals surface area contributed by atoms with Gasteiger partial charge in [-0.25, -0.2) is 9.78 Å². The molecule has 1 aliphatic heterocycles. The zero-order valence-electron chi connectivity index (χ0n) is 15.3. The molecule has 3 aromatic heterocycles.